The van der Waals surface area contributed by atoms with Crippen LogP contribution in [0.25, 0.3) is 11.3 Å². The monoisotopic (exact) mass is 306 g/mol. The Labute approximate surface area is 135 Å². The smallest absolute Gasteiger partial charge is 0.228 e. The van der Waals surface area contributed by atoms with Gasteiger partial charge in [-0.3, -0.25) is 4.79 Å². The number of rotatable bonds is 5. The van der Waals surface area contributed by atoms with Crippen molar-refractivity contribution >= 4 is 5.91 Å². The third-order valence-electron chi connectivity index (χ3n) is 3.59. The van der Waals surface area contributed by atoms with Crippen LogP contribution in [0.5, 0.6) is 0 Å². The molecular weight excluding hydrogens is 288 g/mol. The summed E-state index contributed by atoms with van der Waals surface area (Å²) in [5.74, 6) is 0.0490. The first-order valence-corrected chi connectivity index (χ1v) is 7.46. The topological polar surface area (TPSA) is 51.0 Å². The summed E-state index contributed by atoms with van der Waals surface area (Å²) in [5, 5.41) is 8.25. The number of carbonyl (C=O) groups excluding carboxylic acids is 1. The van der Waals surface area contributed by atoms with Gasteiger partial charge in [-0.05, 0) is 5.56 Å². The number of likely N-dealkylation sites (N-methyl/N-ethyl adjacent to an activating group) is 1. The van der Waals surface area contributed by atoms with Gasteiger partial charge in [-0.2, -0.15) is 0 Å². The van der Waals surface area contributed by atoms with E-state index in [0.717, 1.165) is 16.8 Å². The van der Waals surface area contributed by atoms with Crippen molar-refractivity contribution in [1.29, 1.82) is 0 Å². The molecule has 0 radical (unpaired) electrons. The highest BCUT2D eigenvalue weighted by atomic mass is 16.2. The molecule has 0 N–H and O–H groups in total. The Morgan fingerprint density at radius 1 is 1.04 bits per heavy atom. The Bertz CT molecular complexity index is 768. The van der Waals surface area contributed by atoms with Crippen LogP contribution < -0.4 is 0 Å². The van der Waals surface area contributed by atoms with Gasteiger partial charge in [-0.25, -0.2) is 4.68 Å². The third kappa shape index (κ3) is 3.83. The fourth-order valence-corrected chi connectivity index (χ4v) is 2.31. The Morgan fingerprint density at radius 2 is 1.70 bits per heavy atom. The molecule has 0 aliphatic rings. The van der Waals surface area contributed by atoms with E-state index in [1.165, 1.54) is 0 Å². The molecule has 0 saturated carbocycles. The van der Waals surface area contributed by atoms with Crippen LogP contribution in [0.4, 0.5) is 0 Å². The summed E-state index contributed by atoms with van der Waals surface area (Å²) in [6.45, 7) is 0.380. The first-order valence-electron chi connectivity index (χ1n) is 7.46. The molecule has 1 heterocycles. The minimum absolute atomic E-state index is 0.0490. The van der Waals surface area contributed by atoms with Crippen molar-refractivity contribution < 1.29 is 4.79 Å². The van der Waals surface area contributed by atoms with Crippen LogP contribution in [-0.2, 0) is 17.9 Å². The molecule has 0 fully saturated rings. The van der Waals surface area contributed by atoms with Crippen molar-refractivity contribution in [2.75, 3.05) is 7.05 Å². The molecule has 116 valence electrons. The van der Waals surface area contributed by atoms with Crippen molar-refractivity contribution in [2.24, 2.45) is 0 Å². The summed E-state index contributed by atoms with van der Waals surface area (Å²) in [4.78, 5) is 13.9. The van der Waals surface area contributed by atoms with Crippen LogP contribution in [0.3, 0.4) is 0 Å². The molecule has 3 rings (SSSR count). The zero-order valence-electron chi connectivity index (χ0n) is 13.0. The molecule has 0 aliphatic heterocycles. The lowest BCUT2D eigenvalue weighted by Crippen LogP contribution is -2.30. The average Bonchev–Trinajstić information content (AvgIpc) is 3.05. The molecule has 23 heavy (non-hydrogen) atoms. The maximum atomic E-state index is 12.3. The van der Waals surface area contributed by atoms with Crippen LogP contribution in [0.15, 0.2) is 66.9 Å². The minimum Gasteiger partial charge on any atom is -0.326 e. The lowest BCUT2D eigenvalue weighted by molar-refractivity contribution is -0.130. The van der Waals surface area contributed by atoms with Gasteiger partial charge in [0.1, 0.15) is 12.4 Å². The van der Waals surface area contributed by atoms with Gasteiger partial charge >= 0.3 is 0 Å². The molecule has 0 bridgehead atoms. The highest BCUT2D eigenvalue weighted by molar-refractivity contribution is 5.78. The summed E-state index contributed by atoms with van der Waals surface area (Å²) in [7, 11) is 1.77. The minimum atomic E-state index is 0.0490. The van der Waals surface area contributed by atoms with Gasteiger partial charge < -0.3 is 4.90 Å². The maximum absolute atomic E-state index is 12.3. The van der Waals surface area contributed by atoms with Crippen molar-refractivity contribution in [3.05, 3.63) is 72.4 Å². The summed E-state index contributed by atoms with van der Waals surface area (Å²) in [6.07, 6.45) is 2.24. The number of carbonyl (C=O) groups is 1. The van der Waals surface area contributed by atoms with Crippen LogP contribution in [0.2, 0.25) is 0 Å². The van der Waals surface area contributed by atoms with Crippen molar-refractivity contribution in [2.45, 2.75) is 13.1 Å². The second-order valence-electron chi connectivity index (χ2n) is 5.40. The largest absolute Gasteiger partial charge is 0.326 e. The van der Waals surface area contributed by atoms with Crippen LogP contribution in [0, 0.1) is 0 Å². The molecule has 1 aromatic heterocycles. The van der Waals surface area contributed by atoms with Gasteiger partial charge in [0, 0.05) is 12.6 Å². The summed E-state index contributed by atoms with van der Waals surface area (Å²) in [5.41, 5.74) is 2.82. The average molecular weight is 306 g/mol. The predicted octanol–water partition coefficient (Wildman–Crippen LogP) is 2.60. The zero-order chi connectivity index (χ0) is 16.1. The van der Waals surface area contributed by atoms with E-state index in [0.29, 0.717) is 13.1 Å². The standard InChI is InChI=1S/C18H18N4O/c1-21(18(23)12-15-8-4-2-5-9-15)14-22-13-17(19-20-22)16-10-6-3-7-11-16/h2-11,13H,12,14H2,1H3. The van der Waals surface area contributed by atoms with E-state index in [1.807, 2.05) is 66.9 Å². The van der Waals surface area contributed by atoms with E-state index in [2.05, 4.69) is 10.3 Å². The Kier molecular flexibility index (Phi) is 4.47. The van der Waals surface area contributed by atoms with E-state index in [9.17, 15) is 4.79 Å². The third-order valence-corrected chi connectivity index (χ3v) is 3.59. The van der Waals surface area contributed by atoms with Crippen molar-refractivity contribution in [3.8, 4) is 11.3 Å². The number of hydrogen-bond acceptors (Lipinski definition) is 3. The molecule has 0 atom stereocenters. The Morgan fingerprint density at radius 3 is 2.39 bits per heavy atom. The van der Waals surface area contributed by atoms with Gasteiger partial charge in [0.05, 0.1) is 12.6 Å². The molecule has 0 unspecified atom stereocenters. The number of benzene rings is 2. The first-order chi connectivity index (χ1) is 11.2. The quantitative estimate of drug-likeness (QED) is 0.728. The molecule has 0 saturated heterocycles. The number of nitrogens with zero attached hydrogens (tertiary/aromatic N) is 4. The molecule has 0 aliphatic carbocycles. The van der Waals surface area contributed by atoms with Crippen molar-refractivity contribution in [3.63, 3.8) is 0 Å². The lowest BCUT2D eigenvalue weighted by atomic mass is 10.1. The molecule has 1 amide bonds. The molecule has 2 aromatic carbocycles. The number of amides is 1. The highest BCUT2D eigenvalue weighted by Crippen LogP contribution is 2.14. The Hall–Kier alpha value is -2.95. The molecule has 3 aromatic rings. The Balaban J connectivity index is 1.63. The van der Waals surface area contributed by atoms with Crippen LogP contribution in [0.1, 0.15) is 5.56 Å². The number of aromatic nitrogens is 3. The number of hydrogen-bond donors (Lipinski definition) is 0. The molecule has 5 heteroatoms. The van der Waals surface area contributed by atoms with E-state index in [-0.39, 0.29) is 5.91 Å². The second kappa shape index (κ2) is 6.87. The van der Waals surface area contributed by atoms with Gasteiger partial charge in [0.2, 0.25) is 5.91 Å². The van der Waals surface area contributed by atoms with E-state index in [1.54, 1.807) is 16.6 Å². The van der Waals surface area contributed by atoms with E-state index >= 15 is 0 Å². The highest BCUT2D eigenvalue weighted by Gasteiger charge is 2.11. The SMILES string of the molecule is CN(Cn1cc(-c2ccccc2)nn1)C(=O)Cc1ccccc1. The van der Waals surface area contributed by atoms with Gasteiger partial charge in [-0.1, -0.05) is 65.9 Å². The van der Waals surface area contributed by atoms with Crippen LogP contribution in [-0.4, -0.2) is 32.8 Å². The fourth-order valence-electron chi connectivity index (χ4n) is 2.31. The molecule has 0 spiro atoms. The van der Waals surface area contributed by atoms with Gasteiger partial charge in [0.25, 0.3) is 0 Å². The zero-order valence-corrected chi connectivity index (χ0v) is 13.0. The molecule has 5 nitrogen and oxygen atoms in total. The maximum Gasteiger partial charge on any atom is 0.228 e. The van der Waals surface area contributed by atoms with Gasteiger partial charge in [-0.15, -0.1) is 5.10 Å². The van der Waals surface area contributed by atoms with E-state index < -0.39 is 0 Å². The fraction of sp³-hybridized carbons (Fsp3) is 0.167. The van der Waals surface area contributed by atoms with Crippen LogP contribution >= 0.6 is 0 Å². The predicted molar refractivity (Wildman–Crippen MR) is 88.4 cm³/mol. The van der Waals surface area contributed by atoms with E-state index in [4.69, 9.17) is 0 Å². The normalized spacial score (nSPS) is 10.5. The summed E-state index contributed by atoms with van der Waals surface area (Å²) < 4.78 is 1.67. The summed E-state index contributed by atoms with van der Waals surface area (Å²) >= 11 is 0. The lowest BCUT2D eigenvalue weighted by Gasteiger charge is -2.16. The second-order valence-corrected chi connectivity index (χ2v) is 5.40. The van der Waals surface area contributed by atoms with Crippen molar-refractivity contribution in [1.82, 2.24) is 19.9 Å². The first kappa shape index (κ1) is 15.0. The van der Waals surface area contributed by atoms with Gasteiger partial charge in [0.15, 0.2) is 0 Å². The molecular formula is C18H18N4O. The summed E-state index contributed by atoms with van der Waals surface area (Å²) in [6, 6.07) is 19.6.